The zero-order valence-electron chi connectivity index (χ0n) is 11.0. The summed E-state index contributed by atoms with van der Waals surface area (Å²) in [5.41, 5.74) is 0. The average molecular weight is 232 g/mol. The molecule has 5 nitrogen and oxygen atoms in total. The third kappa shape index (κ3) is 18.6. The van der Waals surface area contributed by atoms with Crippen LogP contribution in [0.2, 0.25) is 0 Å². The second-order valence-electron chi connectivity index (χ2n) is 3.80. The Hall–Kier alpha value is -1.10. The first-order valence-electron chi connectivity index (χ1n) is 5.29. The zero-order chi connectivity index (χ0) is 13.0. The minimum absolute atomic E-state index is 0.0926. The quantitative estimate of drug-likeness (QED) is 0.622. The minimum atomic E-state index is 0.0926. The summed E-state index contributed by atoms with van der Waals surface area (Å²) >= 11 is 0. The molecule has 0 aromatic rings. The van der Waals surface area contributed by atoms with Gasteiger partial charge in [0.15, 0.2) is 0 Å². The van der Waals surface area contributed by atoms with Gasteiger partial charge in [-0.1, -0.05) is 0 Å². The molecule has 0 aromatic heterocycles. The smallest absolute Gasteiger partial charge is 0.218 e. The van der Waals surface area contributed by atoms with Crippen LogP contribution in [0.15, 0.2) is 0 Å². The van der Waals surface area contributed by atoms with Gasteiger partial charge in [-0.3, -0.25) is 9.59 Å². The lowest BCUT2D eigenvalue weighted by Crippen LogP contribution is -2.17. The van der Waals surface area contributed by atoms with E-state index in [-0.39, 0.29) is 5.91 Å². The molecule has 96 valence electrons. The van der Waals surface area contributed by atoms with Gasteiger partial charge in [0.1, 0.15) is 0 Å². The Labute approximate surface area is 98.4 Å². The van der Waals surface area contributed by atoms with Crippen molar-refractivity contribution in [1.82, 2.24) is 9.80 Å². The number of hydrogen-bond acceptors (Lipinski definition) is 3. The Kier molecular flexibility index (Phi) is 12.9. The maximum Gasteiger partial charge on any atom is 0.218 e. The van der Waals surface area contributed by atoms with Crippen LogP contribution in [0.1, 0.15) is 19.8 Å². The molecule has 0 unspecified atom stereocenters. The van der Waals surface area contributed by atoms with E-state index in [0.29, 0.717) is 0 Å². The molecule has 0 saturated carbocycles. The van der Waals surface area contributed by atoms with Gasteiger partial charge >= 0.3 is 0 Å². The Bertz CT molecular complexity index is 170. The minimum Gasteiger partial charge on any atom is -0.381 e. The molecule has 1 rings (SSSR count). The number of amides is 2. The summed E-state index contributed by atoms with van der Waals surface area (Å²) in [4.78, 5) is 22.5. The van der Waals surface area contributed by atoms with Crippen LogP contribution in [0.5, 0.6) is 0 Å². The summed E-state index contributed by atoms with van der Waals surface area (Å²) in [6.45, 7) is 3.53. The van der Waals surface area contributed by atoms with Gasteiger partial charge < -0.3 is 14.5 Å². The van der Waals surface area contributed by atoms with Crippen molar-refractivity contribution >= 4 is 12.3 Å². The number of hydrogen-bond donors (Lipinski definition) is 0. The van der Waals surface area contributed by atoms with E-state index in [1.807, 2.05) is 0 Å². The number of carbonyl (C=O) groups is 2. The lowest BCUT2D eigenvalue weighted by atomic mass is 10.4. The van der Waals surface area contributed by atoms with E-state index in [2.05, 4.69) is 0 Å². The Balaban J connectivity index is 0. The van der Waals surface area contributed by atoms with Crippen molar-refractivity contribution in [2.75, 3.05) is 41.4 Å². The highest BCUT2D eigenvalue weighted by molar-refractivity contribution is 5.72. The van der Waals surface area contributed by atoms with Crippen LogP contribution < -0.4 is 0 Å². The van der Waals surface area contributed by atoms with Crippen LogP contribution in [0, 0.1) is 0 Å². The van der Waals surface area contributed by atoms with Crippen LogP contribution in [0.25, 0.3) is 0 Å². The first-order chi connectivity index (χ1) is 7.41. The molecule has 0 spiro atoms. The van der Waals surface area contributed by atoms with Crippen molar-refractivity contribution in [1.29, 1.82) is 0 Å². The topological polar surface area (TPSA) is 49.9 Å². The van der Waals surface area contributed by atoms with Crippen molar-refractivity contribution in [3.63, 3.8) is 0 Å². The van der Waals surface area contributed by atoms with E-state index in [9.17, 15) is 9.59 Å². The van der Waals surface area contributed by atoms with Gasteiger partial charge in [-0.2, -0.15) is 0 Å². The lowest BCUT2D eigenvalue weighted by molar-refractivity contribution is -0.126. The van der Waals surface area contributed by atoms with Crippen LogP contribution in [0.3, 0.4) is 0 Å². The van der Waals surface area contributed by atoms with Crippen molar-refractivity contribution in [3.05, 3.63) is 0 Å². The number of nitrogens with zero attached hydrogens (tertiary/aromatic N) is 2. The molecule has 0 aliphatic carbocycles. The molecule has 0 atom stereocenters. The highest BCUT2D eigenvalue weighted by Gasteiger charge is 1.94. The molecule has 1 fully saturated rings. The van der Waals surface area contributed by atoms with Crippen LogP contribution in [0.4, 0.5) is 0 Å². The van der Waals surface area contributed by atoms with Crippen molar-refractivity contribution in [3.8, 4) is 0 Å². The fourth-order valence-corrected chi connectivity index (χ4v) is 0.510. The van der Waals surface area contributed by atoms with E-state index in [1.54, 1.807) is 28.2 Å². The van der Waals surface area contributed by atoms with Crippen LogP contribution >= 0.6 is 0 Å². The van der Waals surface area contributed by atoms with Gasteiger partial charge in [-0.25, -0.2) is 0 Å². The molecule has 1 saturated heterocycles. The monoisotopic (exact) mass is 232 g/mol. The summed E-state index contributed by atoms with van der Waals surface area (Å²) in [5.74, 6) is 0.0926. The third-order valence-corrected chi connectivity index (χ3v) is 1.67. The average Bonchev–Trinajstić information content (AvgIpc) is 2.76. The molecule has 1 aliphatic heterocycles. The predicted octanol–water partition coefficient (Wildman–Crippen LogP) is 0.596. The molecule has 5 heteroatoms. The number of carbonyl (C=O) groups excluding carboxylic acids is 2. The maximum atomic E-state index is 10.1. The molecule has 0 aromatic carbocycles. The molecular formula is C11H24N2O3. The first kappa shape index (κ1) is 17.3. The van der Waals surface area contributed by atoms with Gasteiger partial charge in [-0.15, -0.1) is 0 Å². The summed E-state index contributed by atoms with van der Waals surface area (Å²) < 4.78 is 4.94. The molecular weight excluding hydrogens is 208 g/mol. The second-order valence-corrected chi connectivity index (χ2v) is 3.80. The molecule has 16 heavy (non-hydrogen) atoms. The molecule has 1 aliphatic rings. The Morgan fingerprint density at radius 2 is 1.44 bits per heavy atom. The normalized spacial score (nSPS) is 12.6. The highest BCUT2D eigenvalue weighted by atomic mass is 16.5. The van der Waals surface area contributed by atoms with E-state index in [1.165, 1.54) is 29.6 Å². The summed E-state index contributed by atoms with van der Waals surface area (Å²) in [7, 11) is 6.82. The van der Waals surface area contributed by atoms with Gasteiger partial charge in [0.25, 0.3) is 0 Å². The Morgan fingerprint density at radius 3 is 1.50 bits per heavy atom. The first-order valence-corrected chi connectivity index (χ1v) is 5.29. The van der Waals surface area contributed by atoms with E-state index in [0.717, 1.165) is 19.6 Å². The van der Waals surface area contributed by atoms with E-state index < -0.39 is 0 Å². The van der Waals surface area contributed by atoms with Crippen LogP contribution in [-0.4, -0.2) is 63.5 Å². The molecule has 0 radical (unpaired) electrons. The van der Waals surface area contributed by atoms with Crippen molar-refractivity contribution in [2.45, 2.75) is 19.8 Å². The fraction of sp³-hybridized carbons (Fsp3) is 0.818. The SMILES string of the molecule is C1CCOC1.CC(=O)N(C)C.CN(C)C=O. The predicted molar refractivity (Wildman–Crippen MR) is 64.2 cm³/mol. The molecule has 1 heterocycles. The van der Waals surface area contributed by atoms with Gasteiger partial charge in [-0.05, 0) is 12.8 Å². The number of ether oxygens (including phenoxy) is 1. The lowest BCUT2D eigenvalue weighted by Gasteiger charge is -2.02. The summed E-state index contributed by atoms with van der Waals surface area (Å²) in [6.07, 6.45) is 3.31. The van der Waals surface area contributed by atoms with Gasteiger partial charge in [0.05, 0.1) is 0 Å². The summed E-state index contributed by atoms with van der Waals surface area (Å²) in [6, 6.07) is 0. The van der Waals surface area contributed by atoms with Gasteiger partial charge in [0, 0.05) is 48.3 Å². The second kappa shape index (κ2) is 12.0. The van der Waals surface area contributed by atoms with E-state index in [4.69, 9.17) is 4.74 Å². The highest BCUT2D eigenvalue weighted by Crippen LogP contribution is 1.98. The van der Waals surface area contributed by atoms with Crippen LogP contribution in [-0.2, 0) is 14.3 Å². The largest absolute Gasteiger partial charge is 0.381 e. The van der Waals surface area contributed by atoms with Crippen molar-refractivity contribution < 1.29 is 14.3 Å². The molecule has 0 N–H and O–H groups in total. The maximum absolute atomic E-state index is 10.1. The van der Waals surface area contributed by atoms with Gasteiger partial charge in [0.2, 0.25) is 12.3 Å². The van der Waals surface area contributed by atoms with E-state index >= 15 is 0 Å². The number of rotatable bonds is 1. The Morgan fingerprint density at radius 1 is 1.12 bits per heavy atom. The third-order valence-electron chi connectivity index (χ3n) is 1.67. The standard InChI is InChI=1S/C4H9NO.C4H8O.C3H7NO/c1-4(6)5(2)3;1-2-4-5-3-1;1-4(2)3-5/h1-3H3;1-4H2;3H,1-2H3. The molecule has 2 amide bonds. The fourth-order valence-electron chi connectivity index (χ4n) is 0.510. The molecule has 0 bridgehead atoms. The zero-order valence-corrected chi connectivity index (χ0v) is 11.0. The summed E-state index contributed by atoms with van der Waals surface area (Å²) in [5, 5.41) is 0. The van der Waals surface area contributed by atoms with Crippen molar-refractivity contribution in [2.24, 2.45) is 0 Å².